The number of nitrogens with zero attached hydrogens (tertiary/aromatic N) is 1. The van der Waals surface area contributed by atoms with Crippen LogP contribution in [0.3, 0.4) is 0 Å². The van der Waals surface area contributed by atoms with E-state index in [2.05, 4.69) is 4.98 Å². The van der Waals surface area contributed by atoms with Crippen molar-refractivity contribution in [1.29, 1.82) is 0 Å². The molecular weight excluding hydrogens is 494 g/mol. The van der Waals surface area contributed by atoms with Crippen molar-refractivity contribution in [3.8, 4) is 0 Å². The lowest BCUT2D eigenvalue weighted by Gasteiger charge is -2.25. The molecule has 5 nitrogen and oxygen atoms in total. The predicted octanol–water partition coefficient (Wildman–Crippen LogP) is 6.30. The smallest absolute Gasteiger partial charge is 0.271 e. The number of pyridine rings is 1. The average molecular weight is 520 g/mol. The molecule has 0 aliphatic carbocycles. The van der Waals surface area contributed by atoms with E-state index in [4.69, 9.17) is 15.8 Å². The summed E-state index contributed by atoms with van der Waals surface area (Å²) in [7, 11) is -3.99. The van der Waals surface area contributed by atoms with Gasteiger partial charge >= 0.3 is 0 Å². The summed E-state index contributed by atoms with van der Waals surface area (Å²) in [6.07, 6.45) is 4.23. The van der Waals surface area contributed by atoms with Crippen molar-refractivity contribution in [1.82, 2.24) is 4.98 Å². The number of fused-ring (bicyclic) bond motifs is 2. The first kappa shape index (κ1) is 24.7. The van der Waals surface area contributed by atoms with E-state index in [1.54, 1.807) is 6.07 Å². The van der Waals surface area contributed by atoms with E-state index in [1.807, 2.05) is 84.9 Å². The Morgan fingerprint density at radius 2 is 1.83 bits per heavy atom. The average Bonchev–Trinajstić information content (AvgIpc) is 2.88. The molecule has 5 rings (SSSR count). The second-order valence-electron chi connectivity index (χ2n) is 9.33. The summed E-state index contributed by atoms with van der Waals surface area (Å²) in [5, 5.41) is 12.6. The lowest BCUT2D eigenvalue weighted by Crippen LogP contribution is -2.32. The van der Waals surface area contributed by atoms with E-state index in [0.717, 1.165) is 33.3 Å². The molecule has 2 heterocycles. The molecule has 36 heavy (non-hydrogen) atoms. The van der Waals surface area contributed by atoms with Crippen molar-refractivity contribution in [3.05, 3.63) is 112 Å². The quantitative estimate of drug-likeness (QED) is 0.321. The lowest BCUT2D eigenvalue weighted by molar-refractivity contribution is 0.0776. The monoisotopic (exact) mass is 519 g/mol. The zero-order valence-corrected chi connectivity index (χ0v) is 21.3. The molecule has 0 bridgehead atoms. The van der Waals surface area contributed by atoms with Gasteiger partial charge in [-0.15, -0.1) is 0 Å². The Balaban J connectivity index is 1.43. The summed E-state index contributed by atoms with van der Waals surface area (Å²) < 4.78 is 31.4. The number of halogens is 1. The van der Waals surface area contributed by atoms with Crippen LogP contribution in [0.15, 0.2) is 78.9 Å². The van der Waals surface area contributed by atoms with Gasteiger partial charge in [0.15, 0.2) is 0 Å². The van der Waals surface area contributed by atoms with Crippen LogP contribution >= 0.6 is 11.6 Å². The SMILES string of the molecule is CC1(O)CS(=O)(=O)O[C@H](c2cccc(/C=C/c3ccc4ccc(Cl)cc4n3)c2)CCc2ccccc21. The Morgan fingerprint density at radius 1 is 1.03 bits per heavy atom. The number of hydrogen-bond acceptors (Lipinski definition) is 5. The Kier molecular flexibility index (Phi) is 6.70. The van der Waals surface area contributed by atoms with Crippen LogP contribution in [0, 0.1) is 0 Å². The van der Waals surface area contributed by atoms with Gasteiger partial charge < -0.3 is 5.11 Å². The number of aliphatic hydroxyl groups is 1. The van der Waals surface area contributed by atoms with Crippen LogP contribution in [0.2, 0.25) is 5.02 Å². The molecule has 1 unspecified atom stereocenters. The first-order valence-corrected chi connectivity index (χ1v) is 13.7. The largest absolute Gasteiger partial charge is 0.384 e. The van der Waals surface area contributed by atoms with E-state index >= 15 is 0 Å². The molecular formula is C29H26ClNO4S. The molecule has 7 heteroatoms. The molecule has 0 fully saturated rings. The van der Waals surface area contributed by atoms with Crippen molar-refractivity contribution >= 4 is 44.8 Å². The highest BCUT2D eigenvalue weighted by molar-refractivity contribution is 7.86. The molecule has 0 saturated carbocycles. The minimum Gasteiger partial charge on any atom is -0.384 e. The second-order valence-corrected chi connectivity index (χ2v) is 11.4. The van der Waals surface area contributed by atoms with Crippen LogP contribution in [-0.4, -0.2) is 24.3 Å². The number of rotatable bonds is 3. The van der Waals surface area contributed by atoms with Gasteiger partial charge in [-0.05, 0) is 72.4 Å². The second kappa shape index (κ2) is 9.79. The van der Waals surface area contributed by atoms with E-state index < -0.39 is 27.6 Å². The highest BCUT2D eigenvalue weighted by atomic mass is 35.5. The van der Waals surface area contributed by atoms with Gasteiger partial charge in [0, 0.05) is 10.4 Å². The van der Waals surface area contributed by atoms with E-state index in [1.165, 1.54) is 6.92 Å². The van der Waals surface area contributed by atoms with Crippen molar-refractivity contribution in [2.45, 2.75) is 31.5 Å². The van der Waals surface area contributed by atoms with Gasteiger partial charge in [-0.25, -0.2) is 4.98 Å². The van der Waals surface area contributed by atoms with Gasteiger partial charge in [-0.2, -0.15) is 8.42 Å². The predicted molar refractivity (Wildman–Crippen MR) is 144 cm³/mol. The molecule has 3 aromatic carbocycles. The fourth-order valence-corrected chi connectivity index (χ4v) is 6.34. The Bertz CT molecular complexity index is 1560. The van der Waals surface area contributed by atoms with Gasteiger partial charge in [0.2, 0.25) is 0 Å². The third-order valence-electron chi connectivity index (χ3n) is 6.40. The molecule has 0 amide bonds. The van der Waals surface area contributed by atoms with E-state index in [9.17, 15) is 13.5 Å². The van der Waals surface area contributed by atoms with Crippen LogP contribution in [0.5, 0.6) is 0 Å². The van der Waals surface area contributed by atoms with Crippen LogP contribution in [0.25, 0.3) is 23.1 Å². The third-order valence-corrected chi connectivity index (χ3v) is 8.08. The summed E-state index contributed by atoms with van der Waals surface area (Å²) in [6, 6.07) is 24.6. The highest BCUT2D eigenvalue weighted by Gasteiger charge is 2.36. The normalized spacial score (nSPS) is 22.0. The number of hydrogen-bond donors (Lipinski definition) is 1. The van der Waals surface area contributed by atoms with E-state index in [0.29, 0.717) is 23.4 Å². The van der Waals surface area contributed by atoms with E-state index in [-0.39, 0.29) is 0 Å². The fraction of sp³-hybridized carbons (Fsp3) is 0.207. The van der Waals surface area contributed by atoms with Gasteiger partial charge in [0.05, 0.1) is 11.2 Å². The minimum atomic E-state index is -3.99. The zero-order valence-electron chi connectivity index (χ0n) is 19.8. The molecule has 184 valence electrons. The Labute approximate surface area is 216 Å². The van der Waals surface area contributed by atoms with Crippen molar-refractivity contribution in [3.63, 3.8) is 0 Å². The molecule has 2 atom stereocenters. The molecule has 1 aromatic heterocycles. The van der Waals surface area contributed by atoms with Gasteiger partial charge in [-0.1, -0.05) is 72.3 Å². The molecule has 0 spiro atoms. The third kappa shape index (κ3) is 5.52. The van der Waals surface area contributed by atoms with Crippen molar-refractivity contribution < 1.29 is 17.7 Å². The van der Waals surface area contributed by atoms with Crippen LogP contribution in [0.1, 0.15) is 47.4 Å². The minimum absolute atomic E-state index is 0.465. The highest BCUT2D eigenvalue weighted by Crippen LogP contribution is 2.34. The fourth-order valence-electron chi connectivity index (χ4n) is 4.70. The molecule has 0 saturated heterocycles. The summed E-state index contributed by atoms with van der Waals surface area (Å²) in [4.78, 5) is 4.65. The first-order chi connectivity index (χ1) is 17.2. The maximum Gasteiger partial charge on any atom is 0.271 e. The summed E-state index contributed by atoms with van der Waals surface area (Å²) in [5.74, 6) is -0.509. The Hall–Kier alpha value is -3.03. The molecule has 0 radical (unpaired) electrons. The van der Waals surface area contributed by atoms with Crippen LogP contribution < -0.4 is 0 Å². The van der Waals surface area contributed by atoms with Gasteiger partial charge in [0.1, 0.15) is 17.5 Å². The lowest BCUT2D eigenvalue weighted by atomic mass is 9.89. The standard InChI is InChI=1S/C29H26ClNO4S/c1-29(32)19-36(33,34)35-28(16-12-21-6-2-3-8-26(21)29)23-7-4-5-20(17-23)9-14-25-15-11-22-10-13-24(30)18-27(22)31-25/h2-11,13-15,17-18,28,32H,12,16,19H2,1H3/b14-9+/t28-,29?/m0/s1. The summed E-state index contributed by atoms with van der Waals surface area (Å²) in [5.41, 5.74) is 3.28. The summed E-state index contributed by atoms with van der Waals surface area (Å²) >= 11 is 6.10. The maximum absolute atomic E-state index is 12.9. The topological polar surface area (TPSA) is 76.5 Å². The zero-order chi connectivity index (χ0) is 25.3. The number of benzene rings is 3. The van der Waals surface area contributed by atoms with Gasteiger partial charge in [-0.3, -0.25) is 4.18 Å². The Morgan fingerprint density at radius 3 is 2.69 bits per heavy atom. The maximum atomic E-state index is 12.9. The molecule has 1 aliphatic rings. The van der Waals surface area contributed by atoms with Gasteiger partial charge in [0.25, 0.3) is 10.1 Å². The molecule has 1 aliphatic heterocycles. The van der Waals surface area contributed by atoms with Crippen molar-refractivity contribution in [2.75, 3.05) is 5.75 Å². The first-order valence-electron chi connectivity index (χ1n) is 11.7. The molecule has 1 N–H and O–H groups in total. The van der Waals surface area contributed by atoms with Crippen LogP contribution in [-0.2, 0) is 26.3 Å². The number of aryl methyl sites for hydroxylation is 1. The molecule has 4 aromatic rings. The van der Waals surface area contributed by atoms with Crippen molar-refractivity contribution in [2.24, 2.45) is 0 Å². The summed E-state index contributed by atoms with van der Waals surface area (Å²) in [6.45, 7) is 1.52. The van der Waals surface area contributed by atoms with Crippen LogP contribution in [0.4, 0.5) is 0 Å². The number of aromatic nitrogens is 1.